The number of nitrogens with one attached hydrogen (secondary N) is 1. The van der Waals surface area contributed by atoms with Gasteiger partial charge in [0.05, 0.1) is 19.4 Å². The molecule has 3 rings (SSSR count). The van der Waals surface area contributed by atoms with Crippen LogP contribution in [-0.2, 0) is 11.2 Å². The standard InChI is InChI=1S/C12H11NO2S/c1-14-7-2-3-10-9(6-7)8-4-5-15-12(16)11(8)13-10/h2-3,6,13H,4-5H2,1H3. The predicted molar refractivity (Wildman–Crippen MR) is 66.2 cm³/mol. The summed E-state index contributed by atoms with van der Waals surface area (Å²) in [4.78, 5) is 3.30. The number of aromatic nitrogens is 1. The smallest absolute Gasteiger partial charge is 0.208 e. The van der Waals surface area contributed by atoms with Gasteiger partial charge in [0.15, 0.2) is 0 Å². The lowest BCUT2D eigenvalue weighted by Gasteiger charge is -2.13. The molecule has 2 aromatic rings. The normalized spacial score (nSPS) is 14.7. The first-order valence-electron chi connectivity index (χ1n) is 5.15. The molecule has 1 aromatic heterocycles. The highest BCUT2D eigenvalue weighted by molar-refractivity contribution is 7.80. The third kappa shape index (κ3) is 1.30. The average Bonchev–Trinajstić information content (AvgIpc) is 2.68. The number of fused-ring (bicyclic) bond motifs is 3. The zero-order chi connectivity index (χ0) is 11.1. The Balaban J connectivity index is 2.29. The number of hydrogen-bond acceptors (Lipinski definition) is 3. The number of ether oxygens (including phenoxy) is 2. The van der Waals surface area contributed by atoms with E-state index in [4.69, 9.17) is 21.7 Å². The predicted octanol–water partition coefficient (Wildman–Crippen LogP) is 2.42. The summed E-state index contributed by atoms with van der Waals surface area (Å²) in [6, 6.07) is 5.99. The Morgan fingerprint density at radius 1 is 1.44 bits per heavy atom. The van der Waals surface area contributed by atoms with Crippen molar-refractivity contribution in [1.29, 1.82) is 0 Å². The quantitative estimate of drug-likeness (QED) is 0.768. The third-order valence-corrected chi connectivity index (χ3v) is 3.22. The van der Waals surface area contributed by atoms with Gasteiger partial charge in [-0.2, -0.15) is 0 Å². The summed E-state index contributed by atoms with van der Waals surface area (Å²) in [5.74, 6) is 0.867. The Morgan fingerprint density at radius 2 is 2.31 bits per heavy atom. The van der Waals surface area contributed by atoms with Gasteiger partial charge in [-0.05, 0) is 36.0 Å². The van der Waals surface area contributed by atoms with Gasteiger partial charge in [0, 0.05) is 17.3 Å². The van der Waals surface area contributed by atoms with Gasteiger partial charge in [-0.3, -0.25) is 0 Å². The molecule has 82 valence electrons. The lowest BCUT2D eigenvalue weighted by Crippen LogP contribution is -2.15. The van der Waals surface area contributed by atoms with E-state index in [1.165, 1.54) is 10.9 Å². The van der Waals surface area contributed by atoms with Gasteiger partial charge in [0.2, 0.25) is 5.05 Å². The lowest BCUT2D eigenvalue weighted by molar-refractivity contribution is 0.308. The molecule has 0 aliphatic carbocycles. The van der Waals surface area contributed by atoms with E-state index >= 15 is 0 Å². The minimum absolute atomic E-state index is 0.566. The van der Waals surface area contributed by atoms with Gasteiger partial charge in [-0.25, -0.2) is 0 Å². The molecule has 0 saturated carbocycles. The summed E-state index contributed by atoms with van der Waals surface area (Å²) in [5.41, 5.74) is 3.27. The molecule has 0 atom stereocenters. The molecule has 4 heteroatoms. The maximum absolute atomic E-state index is 5.36. The summed E-state index contributed by atoms with van der Waals surface area (Å²) < 4.78 is 10.6. The third-order valence-electron chi connectivity index (χ3n) is 2.90. The average molecular weight is 233 g/mol. The largest absolute Gasteiger partial charge is 0.497 e. The zero-order valence-corrected chi connectivity index (χ0v) is 9.69. The summed E-state index contributed by atoms with van der Waals surface area (Å²) in [5, 5.41) is 1.75. The Morgan fingerprint density at radius 3 is 3.12 bits per heavy atom. The fourth-order valence-corrected chi connectivity index (χ4v) is 2.36. The first kappa shape index (κ1) is 9.66. The second-order valence-corrected chi connectivity index (χ2v) is 4.15. The van der Waals surface area contributed by atoms with E-state index in [9.17, 15) is 0 Å². The van der Waals surface area contributed by atoms with Gasteiger partial charge in [0.25, 0.3) is 0 Å². The van der Waals surface area contributed by atoms with Crippen LogP contribution in [0.3, 0.4) is 0 Å². The van der Waals surface area contributed by atoms with Crippen LogP contribution in [0.25, 0.3) is 10.9 Å². The summed E-state index contributed by atoms with van der Waals surface area (Å²) in [6.07, 6.45) is 0.892. The molecule has 2 heterocycles. The minimum Gasteiger partial charge on any atom is -0.497 e. The SMILES string of the molecule is COc1ccc2[nH]c3c(c2c1)CCOC3=S. The number of aromatic amines is 1. The molecule has 0 amide bonds. The fourth-order valence-electron chi connectivity index (χ4n) is 2.11. The molecule has 0 fully saturated rings. The van der Waals surface area contributed by atoms with Crippen molar-refractivity contribution in [3.63, 3.8) is 0 Å². The van der Waals surface area contributed by atoms with Crippen LogP contribution in [0.4, 0.5) is 0 Å². The van der Waals surface area contributed by atoms with Crippen LogP contribution in [0.2, 0.25) is 0 Å². The molecule has 1 aliphatic heterocycles. The van der Waals surface area contributed by atoms with Crippen LogP contribution in [0.1, 0.15) is 11.3 Å². The topological polar surface area (TPSA) is 34.2 Å². The number of hydrogen-bond donors (Lipinski definition) is 1. The van der Waals surface area contributed by atoms with Crippen molar-refractivity contribution in [2.45, 2.75) is 6.42 Å². The van der Waals surface area contributed by atoms with Crippen molar-refractivity contribution in [2.75, 3.05) is 13.7 Å². The van der Waals surface area contributed by atoms with Crippen LogP contribution in [0, 0.1) is 0 Å². The number of benzene rings is 1. The van der Waals surface area contributed by atoms with Gasteiger partial charge in [-0.1, -0.05) is 0 Å². The van der Waals surface area contributed by atoms with Gasteiger partial charge >= 0.3 is 0 Å². The lowest BCUT2D eigenvalue weighted by atomic mass is 10.1. The molecular weight excluding hydrogens is 222 g/mol. The van der Waals surface area contributed by atoms with Gasteiger partial charge in [-0.15, -0.1) is 0 Å². The molecule has 1 aromatic carbocycles. The maximum Gasteiger partial charge on any atom is 0.208 e. The molecule has 16 heavy (non-hydrogen) atoms. The fraction of sp³-hybridized carbons (Fsp3) is 0.250. The Hall–Kier alpha value is -1.55. The first-order chi connectivity index (χ1) is 7.79. The summed E-state index contributed by atoms with van der Waals surface area (Å²) in [7, 11) is 1.67. The van der Waals surface area contributed by atoms with Crippen molar-refractivity contribution in [3.05, 3.63) is 29.5 Å². The van der Waals surface area contributed by atoms with Crippen LogP contribution >= 0.6 is 12.2 Å². The van der Waals surface area contributed by atoms with E-state index in [1.807, 2.05) is 18.2 Å². The van der Waals surface area contributed by atoms with Crippen molar-refractivity contribution < 1.29 is 9.47 Å². The van der Waals surface area contributed by atoms with Crippen molar-refractivity contribution in [1.82, 2.24) is 4.98 Å². The number of rotatable bonds is 1. The van der Waals surface area contributed by atoms with Gasteiger partial charge < -0.3 is 14.5 Å². The molecule has 0 saturated heterocycles. The second kappa shape index (κ2) is 3.49. The van der Waals surface area contributed by atoms with Crippen molar-refractivity contribution in [3.8, 4) is 5.75 Å². The van der Waals surface area contributed by atoms with E-state index in [0.717, 1.165) is 23.4 Å². The highest BCUT2D eigenvalue weighted by Gasteiger charge is 2.20. The molecule has 0 unspecified atom stereocenters. The monoisotopic (exact) mass is 233 g/mol. The molecule has 1 N–H and O–H groups in total. The summed E-state index contributed by atoms with van der Waals surface area (Å²) in [6.45, 7) is 0.663. The Labute approximate surface area is 98.4 Å². The second-order valence-electron chi connectivity index (χ2n) is 3.78. The highest BCUT2D eigenvalue weighted by Crippen LogP contribution is 2.29. The zero-order valence-electron chi connectivity index (χ0n) is 8.87. The van der Waals surface area contributed by atoms with Crippen LogP contribution in [-0.4, -0.2) is 23.8 Å². The van der Waals surface area contributed by atoms with E-state index < -0.39 is 0 Å². The molecule has 0 bridgehead atoms. The number of thiocarbonyl (C=S) groups is 1. The van der Waals surface area contributed by atoms with Crippen molar-refractivity contribution >= 4 is 28.2 Å². The number of H-pyrrole nitrogens is 1. The van der Waals surface area contributed by atoms with Crippen molar-refractivity contribution in [2.24, 2.45) is 0 Å². The molecule has 0 spiro atoms. The van der Waals surface area contributed by atoms with Crippen LogP contribution < -0.4 is 4.74 Å². The molecule has 0 radical (unpaired) electrons. The highest BCUT2D eigenvalue weighted by atomic mass is 32.1. The van der Waals surface area contributed by atoms with E-state index in [2.05, 4.69) is 4.98 Å². The van der Waals surface area contributed by atoms with E-state index in [0.29, 0.717) is 11.7 Å². The van der Waals surface area contributed by atoms with E-state index in [-0.39, 0.29) is 0 Å². The minimum atomic E-state index is 0.566. The van der Waals surface area contributed by atoms with E-state index in [1.54, 1.807) is 7.11 Å². The maximum atomic E-state index is 5.36. The van der Waals surface area contributed by atoms with Crippen LogP contribution in [0.15, 0.2) is 18.2 Å². The molecule has 3 nitrogen and oxygen atoms in total. The Kier molecular flexibility index (Phi) is 2.11. The first-order valence-corrected chi connectivity index (χ1v) is 5.56. The van der Waals surface area contributed by atoms with Gasteiger partial charge in [0.1, 0.15) is 5.75 Å². The van der Waals surface area contributed by atoms with Crippen LogP contribution in [0.5, 0.6) is 5.75 Å². The summed E-state index contributed by atoms with van der Waals surface area (Å²) >= 11 is 5.18. The molecule has 1 aliphatic rings. The molecular formula is C12H11NO2S. The number of methoxy groups -OCH3 is 1. The Bertz CT molecular complexity index is 574.